The fraction of sp³-hybridized carbons (Fsp3) is 1.00. The van der Waals surface area contributed by atoms with Crippen molar-refractivity contribution in [1.29, 1.82) is 0 Å². The Balaban J connectivity index is 1.63. The van der Waals surface area contributed by atoms with Crippen molar-refractivity contribution in [3.05, 3.63) is 0 Å². The van der Waals surface area contributed by atoms with Gasteiger partial charge < -0.3 is 9.80 Å². The van der Waals surface area contributed by atoms with Crippen LogP contribution >= 0.6 is 0 Å². The number of nitrogens with zero attached hydrogens (tertiary/aromatic N) is 2. The lowest BCUT2D eigenvalue weighted by atomic mass is 9.88. The van der Waals surface area contributed by atoms with Gasteiger partial charge in [0, 0.05) is 13.1 Å². The Morgan fingerprint density at radius 1 is 0.889 bits per heavy atom. The predicted molar refractivity (Wildman–Crippen MR) is 78.9 cm³/mol. The number of hydrogen-bond donors (Lipinski definition) is 0. The molecule has 0 N–H and O–H groups in total. The third-order valence-corrected chi connectivity index (χ3v) is 5.02. The van der Waals surface area contributed by atoms with Crippen molar-refractivity contribution in [2.75, 3.05) is 39.8 Å². The van der Waals surface area contributed by atoms with E-state index in [0.717, 1.165) is 11.8 Å². The summed E-state index contributed by atoms with van der Waals surface area (Å²) < 4.78 is 0. The lowest BCUT2D eigenvalue weighted by Gasteiger charge is -2.34. The largest absolute Gasteiger partial charge is 0.306 e. The molecule has 1 aliphatic heterocycles. The number of hydrogen-bond acceptors (Lipinski definition) is 2. The summed E-state index contributed by atoms with van der Waals surface area (Å²) in [5.74, 6) is 1.96. The zero-order chi connectivity index (χ0) is 12.8. The van der Waals surface area contributed by atoms with Gasteiger partial charge in [-0.1, -0.05) is 26.2 Å². The minimum atomic E-state index is 0.960. The maximum Gasteiger partial charge on any atom is 0.000767 e. The van der Waals surface area contributed by atoms with Crippen LogP contribution in [0.3, 0.4) is 0 Å². The Morgan fingerprint density at radius 3 is 2.00 bits per heavy atom. The summed E-state index contributed by atoms with van der Waals surface area (Å²) >= 11 is 0. The lowest BCUT2D eigenvalue weighted by Crippen LogP contribution is -2.38. The van der Waals surface area contributed by atoms with Crippen molar-refractivity contribution >= 4 is 0 Å². The molecule has 1 aliphatic carbocycles. The van der Waals surface area contributed by atoms with Crippen LogP contribution in [0.2, 0.25) is 0 Å². The Kier molecular flexibility index (Phi) is 5.97. The van der Waals surface area contributed by atoms with Gasteiger partial charge in [0.15, 0.2) is 0 Å². The van der Waals surface area contributed by atoms with E-state index in [9.17, 15) is 0 Å². The molecule has 0 amide bonds. The molecule has 0 radical (unpaired) electrons. The Labute approximate surface area is 114 Å². The minimum Gasteiger partial charge on any atom is -0.306 e. The first kappa shape index (κ1) is 14.3. The molecule has 2 fully saturated rings. The van der Waals surface area contributed by atoms with Gasteiger partial charge in [-0.3, -0.25) is 0 Å². The summed E-state index contributed by atoms with van der Waals surface area (Å²) in [7, 11) is 2.35. The Hall–Kier alpha value is -0.0800. The van der Waals surface area contributed by atoms with Gasteiger partial charge in [-0.15, -0.1) is 0 Å². The fourth-order valence-electron chi connectivity index (χ4n) is 3.81. The van der Waals surface area contributed by atoms with Crippen molar-refractivity contribution < 1.29 is 0 Å². The maximum absolute atomic E-state index is 2.63. The van der Waals surface area contributed by atoms with Crippen LogP contribution in [0.25, 0.3) is 0 Å². The van der Waals surface area contributed by atoms with Crippen molar-refractivity contribution in [1.82, 2.24) is 9.80 Å². The molecule has 2 rings (SSSR count). The molecule has 1 saturated heterocycles. The van der Waals surface area contributed by atoms with Crippen LogP contribution < -0.4 is 0 Å². The molecule has 0 aromatic rings. The van der Waals surface area contributed by atoms with Crippen LogP contribution in [0.4, 0.5) is 0 Å². The third kappa shape index (κ3) is 4.55. The minimum absolute atomic E-state index is 0.960. The molecule has 18 heavy (non-hydrogen) atoms. The first-order valence-corrected chi connectivity index (χ1v) is 8.18. The summed E-state index contributed by atoms with van der Waals surface area (Å²) in [5, 5.41) is 0. The Bertz CT molecular complexity index is 215. The highest BCUT2D eigenvalue weighted by Gasteiger charge is 2.21. The van der Waals surface area contributed by atoms with Crippen LogP contribution in [0.5, 0.6) is 0 Å². The zero-order valence-electron chi connectivity index (χ0n) is 12.5. The standard InChI is InChI=1S/C16H32N2/c1-3-18-11-9-16(10-12-18)14-17(2)13-15-7-5-4-6-8-15/h15-16H,3-14H2,1-2H3. The highest BCUT2D eigenvalue weighted by molar-refractivity contribution is 4.75. The van der Waals surface area contributed by atoms with Gasteiger partial charge in [-0.05, 0) is 64.2 Å². The zero-order valence-corrected chi connectivity index (χ0v) is 12.5. The molecule has 1 heterocycles. The molecule has 2 heteroatoms. The van der Waals surface area contributed by atoms with Gasteiger partial charge in [-0.25, -0.2) is 0 Å². The van der Waals surface area contributed by atoms with Crippen molar-refractivity contribution in [2.24, 2.45) is 11.8 Å². The van der Waals surface area contributed by atoms with E-state index in [1.54, 1.807) is 0 Å². The molecule has 0 aromatic heterocycles. The monoisotopic (exact) mass is 252 g/mol. The first-order chi connectivity index (χ1) is 8.78. The molecule has 2 aliphatic rings. The van der Waals surface area contributed by atoms with Gasteiger partial charge in [0.25, 0.3) is 0 Å². The molecule has 106 valence electrons. The smallest absolute Gasteiger partial charge is 0.000767 e. The molecule has 1 saturated carbocycles. The molecule has 0 aromatic carbocycles. The quantitative estimate of drug-likeness (QED) is 0.741. The average Bonchev–Trinajstić information content (AvgIpc) is 2.40. The van der Waals surface area contributed by atoms with E-state index in [0.29, 0.717) is 0 Å². The van der Waals surface area contributed by atoms with Gasteiger partial charge >= 0.3 is 0 Å². The highest BCUT2D eigenvalue weighted by atomic mass is 15.1. The van der Waals surface area contributed by atoms with Crippen molar-refractivity contribution in [2.45, 2.75) is 51.9 Å². The Morgan fingerprint density at radius 2 is 1.44 bits per heavy atom. The van der Waals surface area contributed by atoms with Crippen LogP contribution in [0, 0.1) is 11.8 Å². The molecular formula is C16H32N2. The third-order valence-electron chi connectivity index (χ3n) is 5.02. The molecule has 0 unspecified atom stereocenters. The molecule has 0 atom stereocenters. The summed E-state index contributed by atoms with van der Waals surface area (Å²) in [6.07, 6.45) is 10.2. The van der Waals surface area contributed by atoms with Crippen molar-refractivity contribution in [3.63, 3.8) is 0 Å². The topological polar surface area (TPSA) is 6.48 Å². The first-order valence-electron chi connectivity index (χ1n) is 8.18. The second kappa shape index (κ2) is 7.49. The molecule has 0 bridgehead atoms. The number of likely N-dealkylation sites (tertiary alicyclic amines) is 1. The lowest BCUT2D eigenvalue weighted by molar-refractivity contribution is 0.145. The van der Waals surface area contributed by atoms with E-state index < -0.39 is 0 Å². The molecular weight excluding hydrogens is 220 g/mol. The molecule has 0 spiro atoms. The summed E-state index contributed by atoms with van der Waals surface area (Å²) in [5.41, 5.74) is 0. The second-order valence-corrected chi connectivity index (χ2v) is 6.60. The van der Waals surface area contributed by atoms with Crippen LogP contribution in [-0.2, 0) is 0 Å². The summed E-state index contributed by atoms with van der Waals surface area (Å²) in [6.45, 7) is 8.89. The second-order valence-electron chi connectivity index (χ2n) is 6.60. The SMILES string of the molecule is CCN1CCC(CN(C)CC2CCCCC2)CC1. The van der Waals surface area contributed by atoms with E-state index in [-0.39, 0.29) is 0 Å². The van der Waals surface area contributed by atoms with E-state index in [1.807, 2.05) is 0 Å². The van der Waals surface area contributed by atoms with E-state index in [2.05, 4.69) is 23.8 Å². The van der Waals surface area contributed by atoms with Gasteiger partial charge in [0.2, 0.25) is 0 Å². The maximum atomic E-state index is 2.63. The summed E-state index contributed by atoms with van der Waals surface area (Å²) in [4.78, 5) is 5.22. The predicted octanol–water partition coefficient (Wildman–Crippen LogP) is 3.23. The van der Waals surface area contributed by atoms with Crippen LogP contribution in [0.1, 0.15) is 51.9 Å². The van der Waals surface area contributed by atoms with Crippen molar-refractivity contribution in [3.8, 4) is 0 Å². The summed E-state index contributed by atoms with van der Waals surface area (Å²) in [6, 6.07) is 0. The fourth-order valence-corrected chi connectivity index (χ4v) is 3.81. The van der Waals surface area contributed by atoms with E-state index >= 15 is 0 Å². The normalized spacial score (nSPS) is 24.8. The van der Waals surface area contributed by atoms with Crippen LogP contribution in [-0.4, -0.2) is 49.6 Å². The average molecular weight is 252 g/mol. The number of rotatable bonds is 5. The van der Waals surface area contributed by atoms with Gasteiger partial charge in [0.1, 0.15) is 0 Å². The van der Waals surface area contributed by atoms with E-state index in [1.165, 1.54) is 77.7 Å². The van der Waals surface area contributed by atoms with E-state index in [4.69, 9.17) is 0 Å². The van der Waals surface area contributed by atoms with Crippen LogP contribution in [0.15, 0.2) is 0 Å². The van der Waals surface area contributed by atoms with Gasteiger partial charge in [0.05, 0.1) is 0 Å². The highest BCUT2D eigenvalue weighted by Crippen LogP contribution is 2.25. The number of piperidine rings is 1. The molecule has 2 nitrogen and oxygen atoms in total. The van der Waals surface area contributed by atoms with Gasteiger partial charge in [-0.2, -0.15) is 0 Å².